The van der Waals surface area contributed by atoms with Crippen molar-refractivity contribution in [3.63, 3.8) is 0 Å². The zero-order valence-corrected chi connectivity index (χ0v) is 15.7. The van der Waals surface area contributed by atoms with E-state index in [9.17, 15) is 0 Å². The molecule has 124 valence electrons. The Kier molecular flexibility index (Phi) is 9.27. The molecule has 0 amide bonds. The van der Waals surface area contributed by atoms with Gasteiger partial charge >= 0.3 is 0 Å². The molecule has 4 nitrogen and oxygen atoms in total. The first-order chi connectivity index (χ1) is 10.3. The Balaban J connectivity index is 0.00000242. The zero-order valence-electron chi connectivity index (χ0n) is 13.4. The van der Waals surface area contributed by atoms with Crippen LogP contribution in [0.25, 0.3) is 0 Å². The Morgan fingerprint density at radius 2 is 2.36 bits per heavy atom. The zero-order chi connectivity index (χ0) is 14.9. The third kappa shape index (κ3) is 6.85. The second-order valence-corrected chi connectivity index (χ2v) is 5.84. The van der Waals surface area contributed by atoms with Gasteiger partial charge in [-0.1, -0.05) is 25.8 Å². The van der Waals surface area contributed by atoms with Gasteiger partial charge in [0.05, 0.1) is 6.26 Å². The third-order valence-corrected chi connectivity index (χ3v) is 3.90. The molecule has 2 unspecified atom stereocenters. The number of furan rings is 1. The maximum absolute atomic E-state index is 5.33. The van der Waals surface area contributed by atoms with Crippen LogP contribution in [-0.2, 0) is 6.42 Å². The van der Waals surface area contributed by atoms with Gasteiger partial charge in [-0.25, -0.2) is 0 Å². The monoisotopic (exact) mass is 417 g/mol. The Morgan fingerprint density at radius 1 is 1.50 bits per heavy atom. The van der Waals surface area contributed by atoms with Gasteiger partial charge in [-0.3, -0.25) is 4.99 Å². The number of aliphatic imine (C=N–C) groups is 1. The molecule has 1 aromatic rings. The van der Waals surface area contributed by atoms with Crippen LogP contribution < -0.4 is 10.6 Å². The molecule has 0 aromatic carbocycles. The molecule has 5 heteroatoms. The highest BCUT2D eigenvalue weighted by Crippen LogP contribution is 2.23. The van der Waals surface area contributed by atoms with E-state index < -0.39 is 0 Å². The Bertz CT molecular complexity index is 445. The predicted octanol–water partition coefficient (Wildman–Crippen LogP) is 3.74. The minimum absolute atomic E-state index is 0. The fraction of sp³-hybridized carbons (Fsp3) is 0.588. The van der Waals surface area contributed by atoms with Gasteiger partial charge in [-0.15, -0.1) is 30.6 Å². The summed E-state index contributed by atoms with van der Waals surface area (Å²) < 4.78 is 5.33. The lowest BCUT2D eigenvalue weighted by atomic mass is 9.87. The SMILES string of the molecule is C=CCNC(=NCCc1ccco1)NC1CCCC(C)C1.I. The molecule has 0 saturated heterocycles. The summed E-state index contributed by atoms with van der Waals surface area (Å²) in [6, 6.07) is 4.44. The average Bonchev–Trinajstić information content (AvgIpc) is 2.98. The Labute approximate surface area is 150 Å². The third-order valence-electron chi connectivity index (χ3n) is 3.90. The van der Waals surface area contributed by atoms with Crippen LogP contribution in [0.2, 0.25) is 0 Å². The minimum Gasteiger partial charge on any atom is -0.469 e. The van der Waals surface area contributed by atoms with E-state index in [4.69, 9.17) is 4.42 Å². The van der Waals surface area contributed by atoms with Crippen LogP contribution in [-0.4, -0.2) is 25.1 Å². The molecule has 1 heterocycles. The van der Waals surface area contributed by atoms with Crippen molar-refractivity contribution in [3.05, 3.63) is 36.8 Å². The lowest BCUT2D eigenvalue weighted by Gasteiger charge is -2.28. The van der Waals surface area contributed by atoms with Gasteiger partial charge in [-0.2, -0.15) is 0 Å². The fourth-order valence-electron chi connectivity index (χ4n) is 2.81. The first kappa shape index (κ1) is 19.1. The van der Waals surface area contributed by atoms with Gasteiger partial charge in [0, 0.05) is 25.6 Å². The van der Waals surface area contributed by atoms with Crippen molar-refractivity contribution in [2.24, 2.45) is 10.9 Å². The Morgan fingerprint density at radius 3 is 3.05 bits per heavy atom. The molecule has 1 aliphatic carbocycles. The standard InChI is InChI=1S/C17H27N3O.HI/c1-3-10-18-17(19-11-9-16-8-5-12-21-16)20-15-7-4-6-14(2)13-15;/h3,5,8,12,14-15H,1,4,6-7,9-11,13H2,2H3,(H2,18,19,20);1H. The molecule has 22 heavy (non-hydrogen) atoms. The van der Waals surface area contributed by atoms with E-state index in [2.05, 4.69) is 29.1 Å². The highest BCUT2D eigenvalue weighted by molar-refractivity contribution is 14.0. The number of hydrogen-bond acceptors (Lipinski definition) is 2. The van der Waals surface area contributed by atoms with E-state index in [0.29, 0.717) is 6.04 Å². The van der Waals surface area contributed by atoms with Crippen molar-refractivity contribution in [1.29, 1.82) is 0 Å². The number of guanidine groups is 1. The first-order valence-corrected chi connectivity index (χ1v) is 7.96. The summed E-state index contributed by atoms with van der Waals surface area (Å²) in [5.41, 5.74) is 0. The van der Waals surface area contributed by atoms with Gasteiger partial charge in [0.15, 0.2) is 5.96 Å². The smallest absolute Gasteiger partial charge is 0.191 e. The van der Waals surface area contributed by atoms with Crippen LogP contribution in [0.3, 0.4) is 0 Å². The summed E-state index contributed by atoms with van der Waals surface area (Å²) in [7, 11) is 0. The first-order valence-electron chi connectivity index (χ1n) is 7.96. The van der Waals surface area contributed by atoms with Gasteiger partial charge < -0.3 is 15.1 Å². The van der Waals surface area contributed by atoms with Crippen molar-refractivity contribution in [1.82, 2.24) is 10.6 Å². The molecule has 2 rings (SSSR count). The van der Waals surface area contributed by atoms with Crippen molar-refractivity contribution in [2.45, 2.75) is 45.1 Å². The maximum Gasteiger partial charge on any atom is 0.191 e. The maximum atomic E-state index is 5.33. The molecular formula is C17H28IN3O. The number of rotatable bonds is 6. The van der Waals surface area contributed by atoms with Gasteiger partial charge in [-0.05, 0) is 30.9 Å². The van der Waals surface area contributed by atoms with Crippen molar-refractivity contribution in [2.75, 3.05) is 13.1 Å². The number of nitrogens with zero attached hydrogens (tertiary/aromatic N) is 1. The molecule has 0 radical (unpaired) electrons. The second kappa shape index (κ2) is 10.7. The van der Waals surface area contributed by atoms with Crippen molar-refractivity contribution in [3.8, 4) is 0 Å². The topological polar surface area (TPSA) is 49.6 Å². The summed E-state index contributed by atoms with van der Waals surface area (Å²) in [5.74, 6) is 2.67. The molecule has 1 saturated carbocycles. The van der Waals surface area contributed by atoms with E-state index in [1.165, 1.54) is 25.7 Å². The quantitative estimate of drug-likeness (QED) is 0.321. The average molecular weight is 417 g/mol. The van der Waals surface area contributed by atoms with Crippen LogP contribution in [0.1, 0.15) is 38.4 Å². The molecular weight excluding hydrogens is 389 g/mol. The van der Waals surface area contributed by atoms with E-state index in [0.717, 1.165) is 37.1 Å². The minimum atomic E-state index is 0. The lowest BCUT2D eigenvalue weighted by molar-refractivity contribution is 0.324. The summed E-state index contributed by atoms with van der Waals surface area (Å²) in [6.07, 6.45) is 9.51. The van der Waals surface area contributed by atoms with Crippen LogP contribution >= 0.6 is 24.0 Å². The van der Waals surface area contributed by atoms with Crippen LogP contribution in [0.15, 0.2) is 40.5 Å². The molecule has 0 aliphatic heterocycles. The number of nitrogens with one attached hydrogen (secondary N) is 2. The molecule has 0 spiro atoms. The van der Waals surface area contributed by atoms with Gasteiger partial charge in [0.25, 0.3) is 0 Å². The van der Waals surface area contributed by atoms with E-state index >= 15 is 0 Å². The molecule has 2 N–H and O–H groups in total. The van der Waals surface area contributed by atoms with Crippen molar-refractivity contribution < 1.29 is 4.42 Å². The second-order valence-electron chi connectivity index (χ2n) is 5.84. The van der Waals surface area contributed by atoms with E-state index in [1.807, 2.05) is 18.2 Å². The van der Waals surface area contributed by atoms with E-state index in [-0.39, 0.29) is 24.0 Å². The van der Waals surface area contributed by atoms with Crippen LogP contribution in [0.4, 0.5) is 0 Å². The fourth-order valence-corrected chi connectivity index (χ4v) is 2.81. The van der Waals surface area contributed by atoms with Gasteiger partial charge in [0.2, 0.25) is 0 Å². The van der Waals surface area contributed by atoms with E-state index in [1.54, 1.807) is 6.26 Å². The van der Waals surface area contributed by atoms with Crippen LogP contribution in [0, 0.1) is 5.92 Å². The largest absolute Gasteiger partial charge is 0.469 e. The summed E-state index contributed by atoms with van der Waals surface area (Å²) in [5, 5.41) is 6.86. The number of halogens is 1. The highest BCUT2D eigenvalue weighted by Gasteiger charge is 2.19. The summed E-state index contributed by atoms with van der Waals surface area (Å²) in [6.45, 7) is 7.54. The van der Waals surface area contributed by atoms with Crippen molar-refractivity contribution >= 4 is 29.9 Å². The lowest BCUT2D eigenvalue weighted by Crippen LogP contribution is -2.45. The highest BCUT2D eigenvalue weighted by atomic mass is 127. The van der Waals surface area contributed by atoms with Gasteiger partial charge in [0.1, 0.15) is 5.76 Å². The molecule has 1 fully saturated rings. The summed E-state index contributed by atoms with van der Waals surface area (Å²) >= 11 is 0. The molecule has 0 bridgehead atoms. The number of hydrogen-bond donors (Lipinski definition) is 2. The van der Waals surface area contributed by atoms with Crippen LogP contribution in [0.5, 0.6) is 0 Å². The normalized spacial score (nSPS) is 21.8. The summed E-state index contributed by atoms with van der Waals surface area (Å²) in [4.78, 5) is 4.64. The predicted molar refractivity (Wildman–Crippen MR) is 103 cm³/mol. The molecule has 1 aliphatic rings. The molecule has 1 aromatic heterocycles. The Hall–Kier alpha value is -0.980. The molecule has 2 atom stereocenters.